The van der Waals surface area contributed by atoms with Crippen LogP contribution < -0.4 is 5.32 Å². The van der Waals surface area contributed by atoms with Gasteiger partial charge in [-0.15, -0.1) is 11.3 Å². The van der Waals surface area contributed by atoms with Crippen LogP contribution in [0.25, 0.3) is 10.7 Å². The van der Waals surface area contributed by atoms with Crippen molar-refractivity contribution in [2.45, 2.75) is 32.4 Å². The fourth-order valence-electron chi connectivity index (χ4n) is 2.75. The second-order valence-corrected chi connectivity index (χ2v) is 7.80. The first-order valence-electron chi connectivity index (χ1n) is 8.26. The van der Waals surface area contributed by atoms with Crippen LogP contribution in [0.3, 0.4) is 0 Å². The molecule has 0 saturated heterocycles. The Balaban J connectivity index is 1.56. The SMILES string of the molecule is CC(Cc1cccc(Cl)c1)NC(=O)CCn1c(-c2cccs2)n[nH]c1=S. The number of benzene rings is 1. The van der Waals surface area contributed by atoms with Crippen molar-refractivity contribution in [3.63, 3.8) is 0 Å². The number of H-pyrrole nitrogens is 1. The molecule has 2 aromatic heterocycles. The van der Waals surface area contributed by atoms with Gasteiger partial charge in [-0.2, -0.15) is 5.10 Å². The number of carbonyl (C=O) groups excluding carboxylic acids is 1. The van der Waals surface area contributed by atoms with E-state index in [0.717, 1.165) is 22.7 Å². The third kappa shape index (κ3) is 4.81. The fourth-order valence-corrected chi connectivity index (χ4v) is 3.91. The molecule has 0 aliphatic rings. The number of hydrogen-bond donors (Lipinski definition) is 2. The van der Waals surface area contributed by atoms with E-state index in [4.69, 9.17) is 23.8 Å². The molecule has 0 aliphatic heterocycles. The second-order valence-electron chi connectivity index (χ2n) is 6.03. The number of aromatic amines is 1. The number of amides is 1. The van der Waals surface area contributed by atoms with Gasteiger partial charge in [0.25, 0.3) is 0 Å². The van der Waals surface area contributed by atoms with Crippen molar-refractivity contribution < 1.29 is 4.79 Å². The molecule has 3 rings (SSSR count). The summed E-state index contributed by atoms with van der Waals surface area (Å²) in [5.41, 5.74) is 1.10. The molecule has 3 aromatic rings. The van der Waals surface area contributed by atoms with Crippen LogP contribution in [0.2, 0.25) is 5.02 Å². The highest BCUT2D eigenvalue weighted by atomic mass is 35.5. The minimum atomic E-state index is -0.0141. The molecule has 0 fully saturated rings. The van der Waals surface area contributed by atoms with Gasteiger partial charge in [0.2, 0.25) is 5.91 Å². The van der Waals surface area contributed by atoms with Gasteiger partial charge in [-0.3, -0.25) is 14.5 Å². The summed E-state index contributed by atoms with van der Waals surface area (Å²) < 4.78 is 2.38. The van der Waals surface area contributed by atoms with Crippen molar-refractivity contribution in [2.75, 3.05) is 0 Å². The standard InChI is InChI=1S/C18H19ClN4OS2/c1-12(10-13-4-2-5-14(19)11-13)20-16(24)7-8-23-17(21-22-18(23)25)15-6-3-9-26-15/h2-6,9,11-12H,7-8,10H2,1H3,(H,20,24)(H,22,25). The molecular formula is C18H19ClN4OS2. The van der Waals surface area contributed by atoms with Gasteiger partial charge in [-0.25, -0.2) is 0 Å². The Morgan fingerprint density at radius 3 is 3.00 bits per heavy atom. The Labute approximate surface area is 166 Å². The minimum Gasteiger partial charge on any atom is -0.353 e. The van der Waals surface area contributed by atoms with Crippen LogP contribution in [0.5, 0.6) is 0 Å². The van der Waals surface area contributed by atoms with Crippen molar-refractivity contribution in [3.8, 4) is 10.7 Å². The molecule has 1 aromatic carbocycles. The maximum absolute atomic E-state index is 12.3. The predicted octanol–water partition coefficient (Wildman–Crippen LogP) is 4.46. The Morgan fingerprint density at radius 1 is 1.42 bits per heavy atom. The third-order valence-corrected chi connectivity index (χ3v) is 5.31. The Kier molecular flexibility index (Phi) is 6.24. The van der Waals surface area contributed by atoms with Crippen molar-refractivity contribution in [1.82, 2.24) is 20.1 Å². The number of thiophene rings is 1. The largest absolute Gasteiger partial charge is 0.353 e. The quantitative estimate of drug-likeness (QED) is 0.569. The number of carbonyl (C=O) groups is 1. The van der Waals surface area contributed by atoms with Gasteiger partial charge in [0.05, 0.1) is 4.88 Å². The smallest absolute Gasteiger partial charge is 0.222 e. The zero-order chi connectivity index (χ0) is 18.5. The molecule has 8 heteroatoms. The molecule has 0 saturated carbocycles. The maximum Gasteiger partial charge on any atom is 0.222 e. The summed E-state index contributed by atoms with van der Waals surface area (Å²) in [5.74, 6) is 0.754. The summed E-state index contributed by atoms with van der Waals surface area (Å²) in [6, 6.07) is 11.7. The topological polar surface area (TPSA) is 62.7 Å². The van der Waals surface area contributed by atoms with Crippen LogP contribution in [0, 0.1) is 4.77 Å². The van der Waals surface area contributed by atoms with Gasteiger partial charge < -0.3 is 5.32 Å². The first kappa shape index (κ1) is 18.8. The lowest BCUT2D eigenvalue weighted by Gasteiger charge is -2.14. The van der Waals surface area contributed by atoms with Crippen molar-refractivity contribution in [2.24, 2.45) is 0 Å². The third-order valence-electron chi connectivity index (χ3n) is 3.90. The molecule has 0 spiro atoms. The Hall–Kier alpha value is -1.96. The lowest BCUT2D eigenvalue weighted by atomic mass is 10.1. The van der Waals surface area contributed by atoms with E-state index in [2.05, 4.69) is 15.5 Å². The summed E-state index contributed by atoms with van der Waals surface area (Å²) in [6.07, 6.45) is 1.07. The number of halogens is 1. The van der Waals surface area contributed by atoms with Crippen molar-refractivity contribution in [3.05, 3.63) is 57.1 Å². The fraction of sp³-hybridized carbons (Fsp3) is 0.278. The normalized spacial score (nSPS) is 12.1. The number of hydrogen-bond acceptors (Lipinski definition) is 4. The predicted molar refractivity (Wildman–Crippen MR) is 108 cm³/mol. The van der Waals surface area contributed by atoms with E-state index in [0.29, 0.717) is 22.8 Å². The minimum absolute atomic E-state index is 0.0141. The number of nitrogens with one attached hydrogen (secondary N) is 2. The molecule has 0 radical (unpaired) electrons. The van der Waals surface area contributed by atoms with E-state index < -0.39 is 0 Å². The highest BCUT2D eigenvalue weighted by Gasteiger charge is 2.13. The van der Waals surface area contributed by atoms with Crippen LogP contribution in [0.4, 0.5) is 0 Å². The van der Waals surface area contributed by atoms with Crippen LogP contribution in [-0.2, 0) is 17.8 Å². The average molecular weight is 407 g/mol. The van der Waals surface area contributed by atoms with Gasteiger partial charge in [-0.1, -0.05) is 29.8 Å². The van der Waals surface area contributed by atoms with E-state index >= 15 is 0 Å². The summed E-state index contributed by atoms with van der Waals surface area (Å²) in [7, 11) is 0. The van der Waals surface area contributed by atoms with Crippen molar-refractivity contribution >= 4 is 41.1 Å². The molecule has 1 atom stereocenters. The number of rotatable bonds is 7. The van der Waals surface area contributed by atoms with E-state index in [1.807, 2.05) is 53.3 Å². The maximum atomic E-state index is 12.3. The number of aromatic nitrogens is 3. The van der Waals surface area contributed by atoms with E-state index in [1.165, 1.54) is 0 Å². The van der Waals surface area contributed by atoms with Crippen LogP contribution in [0.15, 0.2) is 41.8 Å². The van der Waals surface area contributed by atoms with Gasteiger partial charge in [0.15, 0.2) is 10.6 Å². The molecule has 136 valence electrons. The first-order valence-corrected chi connectivity index (χ1v) is 9.92. The monoisotopic (exact) mass is 406 g/mol. The molecule has 2 N–H and O–H groups in total. The van der Waals surface area contributed by atoms with Crippen LogP contribution in [0.1, 0.15) is 18.9 Å². The Bertz CT molecular complexity index is 933. The van der Waals surface area contributed by atoms with Crippen LogP contribution in [-0.4, -0.2) is 26.7 Å². The first-order chi connectivity index (χ1) is 12.5. The molecule has 26 heavy (non-hydrogen) atoms. The molecule has 0 aliphatic carbocycles. The number of nitrogens with zero attached hydrogens (tertiary/aromatic N) is 2. The molecule has 5 nitrogen and oxygen atoms in total. The molecule has 1 amide bonds. The molecular weight excluding hydrogens is 388 g/mol. The van der Waals surface area contributed by atoms with Gasteiger partial charge in [-0.05, 0) is 54.7 Å². The van der Waals surface area contributed by atoms with E-state index in [-0.39, 0.29) is 11.9 Å². The molecule has 1 unspecified atom stereocenters. The lowest BCUT2D eigenvalue weighted by molar-refractivity contribution is -0.121. The zero-order valence-corrected chi connectivity index (χ0v) is 16.6. The van der Waals surface area contributed by atoms with Crippen molar-refractivity contribution in [1.29, 1.82) is 0 Å². The second kappa shape index (κ2) is 8.62. The van der Waals surface area contributed by atoms with Gasteiger partial charge in [0.1, 0.15) is 0 Å². The average Bonchev–Trinajstić information content (AvgIpc) is 3.22. The summed E-state index contributed by atoms with van der Waals surface area (Å²) in [4.78, 5) is 13.3. The van der Waals surface area contributed by atoms with Gasteiger partial charge in [0, 0.05) is 24.0 Å². The summed E-state index contributed by atoms with van der Waals surface area (Å²) in [5, 5.41) is 12.8. The molecule has 0 bridgehead atoms. The lowest BCUT2D eigenvalue weighted by Crippen LogP contribution is -2.34. The Morgan fingerprint density at radius 2 is 2.27 bits per heavy atom. The summed E-state index contributed by atoms with van der Waals surface area (Å²) in [6.45, 7) is 2.47. The van der Waals surface area contributed by atoms with E-state index in [1.54, 1.807) is 11.3 Å². The zero-order valence-electron chi connectivity index (χ0n) is 14.2. The van der Waals surface area contributed by atoms with Crippen LogP contribution >= 0.6 is 35.2 Å². The highest BCUT2D eigenvalue weighted by Crippen LogP contribution is 2.22. The van der Waals surface area contributed by atoms with Gasteiger partial charge >= 0.3 is 0 Å². The highest BCUT2D eigenvalue weighted by molar-refractivity contribution is 7.71. The summed E-state index contributed by atoms with van der Waals surface area (Å²) >= 11 is 12.9. The molecule has 2 heterocycles. The van der Waals surface area contributed by atoms with E-state index in [9.17, 15) is 4.79 Å².